The number of H-pyrrole nitrogens is 3. The van der Waals surface area contributed by atoms with Crippen LogP contribution >= 0.6 is 12.2 Å². The molecule has 74 valence electrons. The van der Waals surface area contributed by atoms with Crippen LogP contribution in [0.5, 0.6) is 0 Å². The Bertz CT molecular complexity index is 662. The van der Waals surface area contributed by atoms with Crippen molar-refractivity contribution in [2.45, 2.75) is 0 Å². The molecule has 3 N–H and O–H groups in total. The second-order valence-corrected chi connectivity index (χ2v) is 3.54. The first kappa shape index (κ1) is 8.37. The van der Waals surface area contributed by atoms with E-state index >= 15 is 0 Å². The van der Waals surface area contributed by atoms with E-state index < -0.39 is 0 Å². The molecular weight excluding hydrogens is 210 g/mol. The molecule has 0 unspecified atom stereocenters. The normalized spacial score (nSPS) is 10.9. The third kappa shape index (κ3) is 1.35. The van der Waals surface area contributed by atoms with Crippen molar-refractivity contribution in [2.75, 3.05) is 0 Å². The maximum absolute atomic E-state index is 4.89. The number of nitrogens with zero attached hydrogens (tertiary/aromatic N) is 2. The van der Waals surface area contributed by atoms with Crippen molar-refractivity contribution >= 4 is 23.3 Å². The highest BCUT2D eigenvalue weighted by Gasteiger charge is 2.03. The summed E-state index contributed by atoms with van der Waals surface area (Å²) in [6, 6.07) is 5.86. The summed E-state index contributed by atoms with van der Waals surface area (Å²) in [6.45, 7) is 0. The van der Waals surface area contributed by atoms with E-state index in [9.17, 15) is 0 Å². The van der Waals surface area contributed by atoms with Gasteiger partial charge in [-0.15, -0.1) is 0 Å². The Morgan fingerprint density at radius 3 is 2.93 bits per heavy atom. The van der Waals surface area contributed by atoms with Gasteiger partial charge in [-0.2, -0.15) is 4.98 Å². The van der Waals surface area contributed by atoms with E-state index in [1.807, 2.05) is 18.2 Å². The molecule has 0 aliphatic rings. The number of hydrogen-bond acceptors (Lipinski definition) is 3. The molecule has 0 amide bonds. The molecule has 3 aromatic rings. The molecule has 0 spiro atoms. The Kier molecular flexibility index (Phi) is 1.69. The summed E-state index contributed by atoms with van der Waals surface area (Å²) < 4.78 is 0.453. The Morgan fingerprint density at radius 1 is 1.20 bits per heavy atom. The summed E-state index contributed by atoms with van der Waals surface area (Å²) in [4.78, 5) is 11.3. The van der Waals surface area contributed by atoms with Gasteiger partial charge in [0.15, 0.2) is 5.82 Å². The lowest BCUT2D eigenvalue weighted by Gasteiger charge is -1.95. The fraction of sp³-hybridized carbons (Fsp3) is 0. The highest BCUT2D eigenvalue weighted by molar-refractivity contribution is 7.71. The molecule has 0 atom stereocenters. The van der Waals surface area contributed by atoms with Gasteiger partial charge in [0.25, 0.3) is 0 Å². The zero-order valence-electron chi connectivity index (χ0n) is 7.61. The molecule has 15 heavy (non-hydrogen) atoms. The first-order chi connectivity index (χ1) is 7.33. The molecule has 0 saturated carbocycles. The van der Waals surface area contributed by atoms with Crippen LogP contribution < -0.4 is 0 Å². The average molecular weight is 217 g/mol. The Balaban J connectivity index is 2.22. The third-order valence-corrected chi connectivity index (χ3v) is 2.39. The van der Waals surface area contributed by atoms with Gasteiger partial charge >= 0.3 is 0 Å². The van der Waals surface area contributed by atoms with Crippen molar-refractivity contribution < 1.29 is 0 Å². The number of imidazole rings is 1. The zero-order valence-corrected chi connectivity index (χ0v) is 8.43. The van der Waals surface area contributed by atoms with Gasteiger partial charge in [-0.1, -0.05) is 0 Å². The predicted molar refractivity (Wildman–Crippen MR) is 58.9 cm³/mol. The summed E-state index contributed by atoms with van der Waals surface area (Å²) in [5.41, 5.74) is 2.89. The lowest BCUT2D eigenvalue weighted by Crippen LogP contribution is -1.80. The van der Waals surface area contributed by atoms with E-state index in [-0.39, 0.29) is 0 Å². The van der Waals surface area contributed by atoms with Crippen LogP contribution in [-0.4, -0.2) is 25.1 Å². The molecule has 1 aromatic carbocycles. The van der Waals surface area contributed by atoms with Crippen molar-refractivity contribution in [3.05, 3.63) is 29.3 Å². The summed E-state index contributed by atoms with van der Waals surface area (Å²) in [5, 5.41) is 5.67. The van der Waals surface area contributed by atoms with Crippen molar-refractivity contribution in [1.29, 1.82) is 0 Å². The number of aromatic nitrogens is 5. The van der Waals surface area contributed by atoms with Crippen LogP contribution in [0.15, 0.2) is 24.5 Å². The van der Waals surface area contributed by atoms with Crippen LogP contribution in [0.3, 0.4) is 0 Å². The summed E-state index contributed by atoms with van der Waals surface area (Å²) >= 11 is 4.89. The SMILES string of the molecule is S=c1nc(-c2ccc3nc[nH]c3c2)[nH][nH]1. The lowest BCUT2D eigenvalue weighted by molar-refractivity contribution is 1.08. The van der Waals surface area contributed by atoms with Gasteiger partial charge in [0.2, 0.25) is 4.77 Å². The standard InChI is InChI=1S/C9H7N5S/c15-9-12-8(13-14-9)5-1-2-6-7(3-5)11-4-10-6/h1-4H,(H,10,11)(H2,12,13,14,15). The van der Waals surface area contributed by atoms with Gasteiger partial charge in [-0.3, -0.25) is 10.2 Å². The van der Waals surface area contributed by atoms with Gasteiger partial charge < -0.3 is 4.98 Å². The molecule has 3 rings (SSSR count). The second-order valence-electron chi connectivity index (χ2n) is 3.15. The summed E-state index contributed by atoms with van der Waals surface area (Å²) in [6.07, 6.45) is 1.67. The minimum absolute atomic E-state index is 0.453. The molecule has 2 heterocycles. The molecule has 0 fully saturated rings. The number of fused-ring (bicyclic) bond motifs is 1. The van der Waals surface area contributed by atoms with E-state index in [4.69, 9.17) is 12.2 Å². The van der Waals surface area contributed by atoms with E-state index in [0.717, 1.165) is 22.4 Å². The predicted octanol–water partition coefficient (Wildman–Crippen LogP) is 2.01. The number of hydrogen-bond donors (Lipinski definition) is 3. The van der Waals surface area contributed by atoms with Crippen molar-refractivity contribution in [1.82, 2.24) is 25.1 Å². The Hall–Kier alpha value is -1.95. The smallest absolute Gasteiger partial charge is 0.213 e. The summed E-state index contributed by atoms with van der Waals surface area (Å²) in [5.74, 6) is 0.733. The van der Waals surface area contributed by atoms with Crippen LogP contribution in [0.1, 0.15) is 0 Å². The van der Waals surface area contributed by atoms with Crippen LogP contribution in [0, 0.1) is 4.77 Å². The maximum Gasteiger partial charge on any atom is 0.213 e. The number of nitrogens with one attached hydrogen (secondary N) is 3. The highest BCUT2D eigenvalue weighted by atomic mass is 32.1. The number of rotatable bonds is 1. The van der Waals surface area contributed by atoms with Gasteiger partial charge in [0.05, 0.1) is 17.4 Å². The molecule has 0 radical (unpaired) electrons. The minimum atomic E-state index is 0.453. The monoisotopic (exact) mass is 217 g/mol. The van der Waals surface area contributed by atoms with Gasteiger partial charge in [0.1, 0.15) is 0 Å². The van der Waals surface area contributed by atoms with E-state index in [1.54, 1.807) is 6.33 Å². The average Bonchev–Trinajstić information content (AvgIpc) is 2.84. The first-order valence-corrected chi connectivity index (χ1v) is 4.82. The molecule has 0 saturated heterocycles. The number of aromatic amines is 3. The van der Waals surface area contributed by atoms with Crippen LogP contribution in [-0.2, 0) is 0 Å². The van der Waals surface area contributed by atoms with Crippen LogP contribution in [0.2, 0.25) is 0 Å². The lowest BCUT2D eigenvalue weighted by atomic mass is 10.2. The minimum Gasteiger partial charge on any atom is -0.345 e. The van der Waals surface area contributed by atoms with Gasteiger partial charge in [-0.05, 0) is 30.4 Å². The van der Waals surface area contributed by atoms with Gasteiger partial charge in [-0.25, -0.2) is 4.98 Å². The molecule has 0 aliphatic carbocycles. The first-order valence-electron chi connectivity index (χ1n) is 4.41. The topological polar surface area (TPSA) is 73.2 Å². The van der Waals surface area contributed by atoms with Crippen molar-refractivity contribution in [3.8, 4) is 11.4 Å². The Labute approximate surface area is 89.6 Å². The third-order valence-electron chi connectivity index (χ3n) is 2.19. The number of benzene rings is 1. The zero-order chi connectivity index (χ0) is 10.3. The maximum atomic E-state index is 4.89. The fourth-order valence-corrected chi connectivity index (χ4v) is 1.63. The second kappa shape index (κ2) is 3.03. The Morgan fingerprint density at radius 2 is 2.13 bits per heavy atom. The summed E-state index contributed by atoms with van der Waals surface area (Å²) in [7, 11) is 0. The van der Waals surface area contributed by atoms with E-state index in [0.29, 0.717) is 4.77 Å². The van der Waals surface area contributed by atoms with E-state index in [2.05, 4.69) is 25.1 Å². The molecule has 0 bridgehead atoms. The molecule has 5 nitrogen and oxygen atoms in total. The van der Waals surface area contributed by atoms with Crippen molar-refractivity contribution in [2.24, 2.45) is 0 Å². The molecule has 2 aromatic heterocycles. The highest BCUT2D eigenvalue weighted by Crippen LogP contribution is 2.18. The van der Waals surface area contributed by atoms with Crippen molar-refractivity contribution in [3.63, 3.8) is 0 Å². The molecule has 0 aliphatic heterocycles. The van der Waals surface area contributed by atoms with Crippen LogP contribution in [0.25, 0.3) is 22.4 Å². The quantitative estimate of drug-likeness (QED) is 0.546. The van der Waals surface area contributed by atoms with E-state index in [1.165, 1.54) is 0 Å². The molecule has 6 heteroatoms. The van der Waals surface area contributed by atoms with Gasteiger partial charge in [0, 0.05) is 5.56 Å². The largest absolute Gasteiger partial charge is 0.345 e. The molecular formula is C9H7N5S. The van der Waals surface area contributed by atoms with Crippen LogP contribution in [0.4, 0.5) is 0 Å². The fourth-order valence-electron chi connectivity index (χ4n) is 1.49.